The molecule has 0 aliphatic rings. The van der Waals surface area contributed by atoms with Gasteiger partial charge in [-0.1, -0.05) is 36.0 Å². The third kappa shape index (κ3) is 4.26. The molecule has 2 N–H and O–H groups in total. The van der Waals surface area contributed by atoms with Crippen molar-refractivity contribution in [2.75, 3.05) is 0 Å². The van der Waals surface area contributed by atoms with Gasteiger partial charge < -0.3 is 10.3 Å². The van der Waals surface area contributed by atoms with E-state index in [0.29, 0.717) is 5.56 Å². The highest BCUT2D eigenvalue weighted by molar-refractivity contribution is 8.00. The molecular weight excluding hydrogens is 388 g/mol. The Morgan fingerprint density at radius 2 is 1.96 bits per heavy atom. The fraction of sp³-hybridized carbons (Fsp3) is 0.190. The van der Waals surface area contributed by atoms with Crippen molar-refractivity contribution in [1.82, 2.24) is 20.3 Å². The number of H-pyrrole nitrogens is 1. The van der Waals surface area contributed by atoms with E-state index in [1.165, 1.54) is 5.56 Å². The van der Waals surface area contributed by atoms with Crippen molar-refractivity contribution in [2.24, 2.45) is 0 Å². The van der Waals surface area contributed by atoms with Gasteiger partial charge >= 0.3 is 0 Å². The molecule has 2 aromatic heterocycles. The van der Waals surface area contributed by atoms with Gasteiger partial charge in [-0.3, -0.25) is 4.79 Å². The molecule has 0 radical (unpaired) electrons. The Kier molecular flexibility index (Phi) is 5.45. The van der Waals surface area contributed by atoms with E-state index < -0.39 is 0 Å². The number of thioether (sulfide) groups is 1. The van der Waals surface area contributed by atoms with E-state index in [1.54, 1.807) is 23.1 Å². The number of hydrogen-bond acceptors (Lipinski definition) is 5. The number of fused-ring (bicyclic) bond motifs is 1. The Bertz CT molecular complexity index is 1070. The Morgan fingerprint density at radius 1 is 1.18 bits per heavy atom. The molecule has 28 heavy (non-hydrogen) atoms. The maximum Gasteiger partial charge on any atom is 0.251 e. The zero-order valence-corrected chi connectivity index (χ0v) is 17.2. The lowest BCUT2D eigenvalue weighted by Gasteiger charge is -2.11. The summed E-state index contributed by atoms with van der Waals surface area (Å²) in [7, 11) is 0. The van der Waals surface area contributed by atoms with E-state index in [0.717, 1.165) is 32.6 Å². The number of rotatable bonds is 6. The Balaban J connectivity index is 1.37. The van der Waals surface area contributed by atoms with Crippen LogP contribution in [0.4, 0.5) is 0 Å². The Labute approximate surface area is 171 Å². The number of carbonyl (C=O) groups excluding carboxylic acids is 1. The molecule has 0 saturated heterocycles. The van der Waals surface area contributed by atoms with Crippen LogP contribution in [-0.2, 0) is 5.75 Å². The number of aryl methyl sites for hydroxylation is 1. The van der Waals surface area contributed by atoms with Crippen LogP contribution >= 0.6 is 23.1 Å². The standard InChI is InChI=1S/C21H20N4OS2/c1-13-11-27-21(22-13)28-12-15-7-9-16(10-8-15)20(26)23-14(2)19-24-17-5-3-4-6-18(17)25-19/h3-11,14H,12H2,1-2H3,(H,23,26)(H,24,25)/t14-/m1/s1. The predicted octanol–water partition coefficient (Wildman–Crippen LogP) is 5.11. The molecule has 2 heterocycles. The molecule has 1 amide bonds. The molecule has 0 saturated carbocycles. The van der Waals surface area contributed by atoms with Crippen LogP contribution < -0.4 is 5.32 Å². The first kappa shape index (κ1) is 18.7. The molecule has 5 nitrogen and oxygen atoms in total. The highest BCUT2D eigenvalue weighted by atomic mass is 32.2. The molecular formula is C21H20N4OS2. The minimum Gasteiger partial charge on any atom is -0.342 e. The first-order valence-corrected chi connectivity index (χ1v) is 10.8. The summed E-state index contributed by atoms with van der Waals surface area (Å²) in [5, 5.41) is 5.06. The number of imidazole rings is 1. The summed E-state index contributed by atoms with van der Waals surface area (Å²) in [6.07, 6.45) is 0. The highest BCUT2D eigenvalue weighted by Gasteiger charge is 2.15. The van der Waals surface area contributed by atoms with Crippen LogP contribution in [0.25, 0.3) is 11.0 Å². The van der Waals surface area contributed by atoms with Gasteiger partial charge in [0.05, 0.1) is 17.1 Å². The van der Waals surface area contributed by atoms with Gasteiger partial charge in [0.15, 0.2) is 0 Å². The number of nitrogens with one attached hydrogen (secondary N) is 2. The molecule has 0 fully saturated rings. The fourth-order valence-electron chi connectivity index (χ4n) is 2.82. The zero-order chi connectivity index (χ0) is 19.5. The van der Waals surface area contributed by atoms with Gasteiger partial charge in [0.1, 0.15) is 10.2 Å². The van der Waals surface area contributed by atoms with E-state index in [2.05, 4.69) is 25.6 Å². The number of aromatic nitrogens is 3. The normalized spacial score (nSPS) is 12.2. The highest BCUT2D eigenvalue weighted by Crippen LogP contribution is 2.26. The second kappa shape index (κ2) is 8.16. The first-order valence-electron chi connectivity index (χ1n) is 8.98. The molecule has 1 atom stereocenters. The van der Waals surface area contributed by atoms with Crippen molar-refractivity contribution in [3.63, 3.8) is 0 Å². The maximum atomic E-state index is 12.6. The third-order valence-electron chi connectivity index (χ3n) is 4.34. The number of para-hydroxylation sites is 2. The average molecular weight is 409 g/mol. The molecule has 2 aromatic carbocycles. The molecule has 0 bridgehead atoms. The number of aromatic amines is 1. The SMILES string of the molecule is Cc1csc(SCc2ccc(C(=O)N[C@H](C)c3nc4ccccc4[nH]3)cc2)n1. The van der Waals surface area contributed by atoms with Crippen LogP contribution in [0.3, 0.4) is 0 Å². The van der Waals surface area contributed by atoms with Crippen molar-refractivity contribution in [2.45, 2.75) is 30.0 Å². The maximum absolute atomic E-state index is 12.6. The van der Waals surface area contributed by atoms with Gasteiger partial charge in [0.25, 0.3) is 5.91 Å². The number of carbonyl (C=O) groups is 1. The summed E-state index contributed by atoms with van der Waals surface area (Å²) in [6.45, 7) is 3.93. The molecule has 4 aromatic rings. The number of benzene rings is 2. The average Bonchev–Trinajstić information content (AvgIpc) is 3.32. The number of nitrogens with zero attached hydrogens (tertiary/aromatic N) is 2. The molecule has 142 valence electrons. The topological polar surface area (TPSA) is 70.7 Å². The second-order valence-electron chi connectivity index (χ2n) is 6.57. The monoisotopic (exact) mass is 408 g/mol. The molecule has 4 rings (SSSR count). The minimum absolute atomic E-state index is 0.109. The quantitative estimate of drug-likeness (QED) is 0.435. The summed E-state index contributed by atoms with van der Waals surface area (Å²) in [5.41, 5.74) is 4.73. The predicted molar refractivity (Wildman–Crippen MR) is 115 cm³/mol. The van der Waals surface area contributed by atoms with E-state index in [1.807, 2.05) is 62.4 Å². The van der Waals surface area contributed by atoms with Crippen molar-refractivity contribution in [3.05, 3.63) is 76.6 Å². The largest absolute Gasteiger partial charge is 0.342 e. The zero-order valence-electron chi connectivity index (χ0n) is 15.6. The van der Waals surface area contributed by atoms with E-state index >= 15 is 0 Å². The van der Waals surface area contributed by atoms with Gasteiger partial charge in [-0.05, 0) is 43.7 Å². The lowest BCUT2D eigenvalue weighted by molar-refractivity contribution is 0.0938. The van der Waals surface area contributed by atoms with E-state index in [-0.39, 0.29) is 11.9 Å². The van der Waals surface area contributed by atoms with Gasteiger partial charge in [-0.2, -0.15) is 0 Å². The molecule has 0 aliphatic heterocycles. The van der Waals surface area contributed by atoms with Crippen LogP contribution in [-0.4, -0.2) is 20.9 Å². The Hall–Kier alpha value is -2.64. The van der Waals surface area contributed by atoms with Gasteiger partial charge in [0.2, 0.25) is 0 Å². The van der Waals surface area contributed by atoms with Crippen molar-refractivity contribution >= 4 is 40.0 Å². The summed E-state index contributed by atoms with van der Waals surface area (Å²) >= 11 is 3.37. The lowest BCUT2D eigenvalue weighted by Crippen LogP contribution is -2.27. The summed E-state index contributed by atoms with van der Waals surface area (Å²) in [4.78, 5) is 24.8. The van der Waals surface area contributed by atoms with Crippen LogP contribution in [0.2, 0.25) is 0 Å². The van der Waals surface area contributed by atoms with Gasteiger partial charge in [-0.25, -0.2) is 9.97 Å². The molecule has 0 aliphatic carbocycles. The van der Waals surface area contributed by atoms with Crippen molar-refractivity contribution in [1.29, 1.82) is 0 Å². The molecule has 7 heteroatoms. The van der Waals surface area contributed by atoms with Crippen LogP contribution in [0, 0.1) is 6.92 Å². The number of hydrogen-bond donors (Lipinski definition) is 2. The van der Waals surface area contributed by atoms with Crippen LogP contribution in [0.5, 0.6) is 0 Å². The first-order chi connectivity index (χ1) is 13.6. The summed E-state index contributed by atoms with van der Waals surface area (Å²) in [5.74, 6) is 1.48. The number of amides is 1. The molecule has 0 spiro atoms. The van der Waals surface area contributed by atoms with Crippen LogP contribution in [0.1, 0.15) is 40.4 Å². The van der Waals surface area contributed by atoms with Gasteiger partial charge in [-0.15, -0.1) is 11.3 Å². The number of thiazole rings is 1. The fourth-order valence-corrected chi connectivity index (χ4v) is 4.63. The van der Waals surface area contributed by atoms with Gasteiger partial charge in [0, 0.05) is 22.4 Å². The summed E-state index contributed by atoms with van der Waals surface area (Å²) < 4.78 is 1.07. The molecule has 0 unspecified atom stereocenters. The minimum atomic E-state index is -0.205. The van der Waals surface area contributed by atoms with E-state index in [4.69, 9.17) is 0 Å². The van der Waals surface area contributed by atoms with E-state index in [9.17, 15) is 4.79 Å². The van der Waals surface area contributed by atoms with Crippen molar-refractivity contribution < 1.29 is 4.79 Å². The second-order valence-corrected chi connectivity index (χ2v) is 8.66. The van der Waals surface area contributed by atoms with Crippen LogP contribution in [0.15, 0.2) is 58.3 Å². The van der Waals surface area contributed by atoms with Crippen molar-refractivity contribution in [3.8, 4) is 0 Å². The smallest absolute Gasteiger partial charge is 0.251 e. The Morgan fingerprint density at radius 3 is 2.68 bits per heavy atom. The third-order valence-corrected chi connectivity index (χ3v) is 6.55. The summed E-state index contributed by atoms with van der Waals surface area (Å²) in [6, 6.07) is 15.4. The lowest BCUT2D eigenvalue weighted by atomic mass is 10.1.